The normalized spacial score (nSPS) is 16.0. The van der Waals surface area contributed by atoms with Crippen LogP contribution in [0.2, 0.25) is 0 Å². The second-order valence-electron chi connectivity index (χ2n) is 7.70. The van der Waals surface area contributed by atoms with E-state index < -0.39 is 0 Å². The Morgan fingerprint density at radius 2 is 1.81 bits per heavy atom. The van der Waals surface area contributed by atoms with E-state index in [1.165, 1.54) is 36.2 Å². The van der Waals surface area contributed by atoms with Crippen LogP contribution in [0, 0.1) is 5.82 Å². The Kier molecular flexibility index (Phi) is 10.0. The van der Waals surface area contributed by atoms with Gasteiger partial charge >= 0.3 is 0 Å². The molecule has 3 aromatic rings. The number of halogens is 3. The van der Waals surface area contributed by atoms with Crippen molar-refractivity contribution in [3.63, 3.8) is 0 Å². The molecule has 1 heterocycles. The fourth-order valence-corrected chi connectivity index (χ4v) is 4.31. The average Bonchev–Trinajstić information content (AvgIpc) is 3.21. The first-order valence-electron chi connectivity index (χ1n) is 10.6. The number of nitrogens with zero attached hydrogens (tertiary/aromatic N) is 1. The number of fused-ring (bicyclic) bond motifs is 1. The van der Waals surface area contributed by atoms with Crippen molar-refractivity contribution >= 4 is 35.6 Å². The van der Waals surface area contributed by atoms with Gasteiger partial charge < -0.3 is 10.1 Å². The SMILES string of the molecule is CCN1CCCC1CNCc1c(OCc2ccccc2F)ccc2ccccc12.Cl.Cl. The summed E-state index contributed by atoms with van der Waals surface area (Å²) in [6.07, 6.45) is 2.54. The summed E-state index contributed by atoms with van der Waals surface area (Å²) in [5.41, 5.74) is 1.71. The quantitative estimate of drug-likeness (QED) is 0.443. The van der Waals surface area contributed by atoms with Crippen LogP contribution >= 0.6 is 24.8 Å². The van der Waals surface area contributed by atoms with Crippen LogP contribution in [0.15, 0.2) is 60.7 Å². The van der Waals surface area contributed by atoms with Crippen molar-refractivity contribution in [3.8, 4) is 5.75 Å². The number of ether oxygens (including phenoxy) is 1. The van der Waals surface area contributed by atoms with Crippen LogP contribution in [-0.4, -0.2) is 30.6 Å². The molecule has 0 aromatic heterocycles. The Labute approximate surface area is 196 Å². The van der Waals surface area contributed by atoms with Gasteiger partial charge in [0.05, 0.1) is 0 Å². The molecule has 4 rings (SSSR count). The molecular formula is C25H31Cl2FN2O. The Bertz CT molecular complexity index is 969. The Morgan fingerprint density at radius 1 is 1.03 bits per heavy atom. The summed E-state index contributed by atoms with van der Waals surface area (Å²) in [7, 11) is 0. The molecule has 1 aliphatic rings. The Hall–Kier alpha value is -1.85. The molecule has 1 aliphatic heterocycles. The molecule has 0 bridgehead atoms. The van der Waals surface area contributed by atoms with E-state index in [0.717, 1.165) is 30.9 Å². The van der Waals surface area contributed by atoms with Gasteiger partial charge in [-0.15, -0.1) is 24.8 Å². The molecule has 0 aliphatic carbocycles. The van der Waals surface area contributed by atoms with Gasteiger partial charge in [0, 0.05) is 30.3 Å². The van der Waals surface area contributed by atoms with Crippen molar-refractivity contribution < 1.29 is 9.13 Å². The molecule has 1 unspecified atom stereocenters. The molecule has 0 spiro atoms. The molecule has 31 heavy (non-hydrogen) atoms. The first-order chi connectivity index (χ1) is 14.3. The van der Waals surface area contributed by atoms with E-state index in [1.807, 2.05) is 12.1 Å². The number of rotatable bonds is 8. The molecule has 3 nitrogen and oxygen atoms in total. The first kappa shape index (κ1) is 25.4. The minimum absolute atomic E-state index is 0. The third-order valence-electron chi connectivity index (χ3n) is 5.93. The second-order valence-corrected chi connectivity index (χ2v) is 7.70. The molecule has 0 saturated carbocycles. The van der Waals surface area contributed by atoms with Gasteiger partial charge in [0.2, 0.25) is 0 Å². The van der Waals surface area contributed by atoms with Crippen molar-refractivity contribution in [2.75, 3.05) is 19.6 Å². The number of likely N-dealkylation sites (tertiary alicyclic amines) is 1. The topological polar surface area (TPSA) is 24.5 Å². The molecule has 1 saturated heterocycles. The van der Waals surface area contributed by atoms with Gasteiger partial charge in [-0.05, 0) is 48.8 Å². The lowest BCUT2D eigenvalue weighted by molar-refractivity contribution is 0.259. The van der Waals surface area contributed by atoms with E-state index in [2.05, 4.69) is 47.5 Å². The maximum Gasteiger partial charge on any atom is 0.129 e. The number of hydrogen-bond acceptors (Lipinski definition) is 3. The van der Waals surface area contributed by atoms with Crippen LogP contribution in [-0.2, 0) is 13.2 Å². The molecule has 0 amide bonds. The van der Waals surface area contributed by atoms with Crippen molar-refractivity contribution in [3.05, 3.63) is 77.6 Å². The zero-order valence-corrected chi connectivity index (χ0v) is 19.5. The van der Waals surface area contributed by atoms with Gasteiger partial charge in [0.25, 0.3) is 0 Å². The lowest BCUT2D eigenvalue weighted by atomic mass is 10.0. The molecule has 3 aromatic carbocycles. The van der Waals surface area contributed by atoms with Gasteiger partial charge in [-0.3, -0.25) is 4.90 Å². The molecule has 0 radical (unpaired) electrons. The van der Waals surface area contributed by atoms with E-state index in [-0.39, 0.29) is 37.2 Å². The highest BCUT2D eigenvalue weighted by Crippen LogP contribution is 2.29. The van der Waals surface area contributed by atoms with Crippen molar-refractivity contribution in [1.29, 1.82) is 0 Å². The summed E-state index contributed by atoms with van der Waals surface area (Å²) in [6, 6.07) is 19.8. The van der Waals surface area contributed by atoms with E-state index >= 15 is 0 Å². The largest absolute Gasteiger partial charge is 0.488 e. The van der Waals surface area contributed by atoms with Crippen LogP contribution in [0.5, 0.6) is 5.75 Å². The molecule has 1 N–H and O–H groups in total. The number of hydrogen-bond donors (Lipinski definition) is 1. The number of benzene rings is 3. The summed E-state index contributed by atoms with van der Waals surface area (Å²) in [5, 5.41) is 6.03. The standard InChI is InChI=1S/C25H29FN2O.2ClH/c1-2-28-15-7-10-21(28)16-27-17-23-22-11-5-3-8-19(22)13-14-25(23)29-18-20-9-4-6-12-24(20)26;;/h3-6,8-9,11-14,21,27H,2,7,10,15-18H2,1H3;2*1H. The fourth-order valence-electron chi connectivity index (χ4n) is 4.31. The van der Waals surface area contributed by atoms with E-state index in [0.29, 0.717) is 11.6 Å². The molecule has 1 fully saturated rings. The zero-order chi connectivity index (χ0) is 20.1. The zero-order valence-electron chi connectivity index (χ0n) is 17.9. The highest BCUT2D eigenvalue weighted by Gasteiger charge is 2.22. The van der Waals surface area contributed by atoms with E-state index in [1.54, 1.807) is 12.1 Å². The van der Waals surface area contributed by atoms with Crippen LogP contribution in [0.1, 0.15) is 30.9 Å². The average molecular weight is 465 g/mol. The van der Waals surface area contributed by atoms with Crippen molar-refractivity contribution in [2.45, 2.75) is 39.0 Å². The summed E-state index contributed by atoms with van der Waals surface area (Å²) < 4.78 is 20.1. The van der Waals surface area contributed by atoms with E-state index in [4.69, 9.17) is 4.74 Å². The predicted octanol–water partition coefficient (Wildman–Crippen LogP) is 5.98. The van der Waals surface area contributed by atoms with Crippen LogP contribution in [0.25, 0.3) is 10.8 Å². The molecule has 6 heteroatoms. The number of likely N-dealkylation sites (N-methyl/N-ethyl adjacent to an activating group) is 1. The summed E-state index contributed by atoms with van der Waals surface area (Å²) in [6.45, 7) is 6.49. The molecule has 1 atom stereocenters. The van der Waals surface area contributed by atoms with Crippen LogP contribution < -0.4 is 10.1 Å². The maximum atomic E-state index is 14.0. The van der Waals surface area contributed by atoms with Gasteiger partial charge in [-0.2, -0.15) is 0 Å². The van der Waals surface area contributed by atoms with Gasteiger partial charge in [0.15, 0.2) is 0 Å². The summed E-state index contributed by atoms with van der Waals surface area (Å²) in [4.78, 5) is 2.55. The third kappa shape index (κ3) is 6.11. The predicted molar refractivity (Wildman–Crippen MR) is 131 cm³/mol. The lowest BCUT2D eigenvalue weighted by Gasteiger charge is -2.23. The minimum atomic E-state index is -0.228. The minimum Gasteiger partial charge on any atom is -0.488 e. The fraction of sp³-hybridized carbons (Fsp3) is 0.360. The third-order valence-corrected chi connectivity index (χ3v) is 5.93. The summed E-state index contributed by atoms with van der Waals surface area (Å²) >= 11 is 0. The van der Waals surface area contributed by atoms with Gasteiger partial charge in [0.1, 0.15) is 18.2 Å². The van der Waals surface area contributed by atoms with Crippen molar-refractivity contribution in [2.24, 2.45) is 0 Å². The first-order valence-corrected chi connectivity index (χ1v) is 10.6. The lowest BCUT2D eigenvalue weighted by Crippen LogP contribution is -2.37. The van der Waals surface area contributed by atoms with E-state index in [9.17, 15) is 4.39 Å². The van der Waals surface area contributed by atoms with Crippen LogP contribution in [0.3, 0.4) is 0 Å². The summed E-state index contributed by atoms with van der Waals surface area (Å²) in [5.74, 6) is 0.590. The smallest absolute Gasteiger partial charge is 0.129 e. The van der Waals surface area contributed by atoms with Crippen LogP contribution in [0.4, 0.5) is 4.39 Å². The molecule has 168 valence electrons. The van der Waals surface area contributed by atoms with Crippen molar-refractivity contribution in [1.82, 2.24) is 10.2 Å². The van der Waals surface area contributed by atoms with Gasteiger partial charge in [-0.1, -0.05) is 55.5 Å². The highest BCUT2D eigenvalue weighted by atomic mass is 35.5. The highest BCUT2D eigenvalue weighted by molar-refractivity contribution is 5.87. The second kappa shape index (κ2) is 12.3. The Morgan fingerprint density at radius 3 is 2.61 bits per heavy atom. The number of nitrogens with one attached hydrogen (secondary N) is 1. The molecular weight excluding hydrogens is 434 g/mol. The monoisotopic (exact) mass is 464 g/mol. The maximum absolute atomic E-state index is 14.0. The Balaban J connectivity index is 0.00000171. The van der Waals surface area contributed by atoms with Gasteiger partial charge in [-0.25, -0.2) is 4.39 Å².